The first-order valence-corrected chi connectivity index (χ1v) is 11.0. The Kier molecular flexibility index (Phi) is 5.92. The topological polar surface area (TPSA) is 82.3 Å². The third-order valence-electron chi connectivity index (χ3n) is 5.44. The van der Waals surface area contributed by atoms with Crippen LogP contribution in [0.15, 0.2) is 38.9 Å². The number of rotatable bonds is 6. The van der Waals surface area contributed by atoms with Gasteiger partial charge in [0.1, 0.15) is 16.2 Å². The predicted molar refractivity (Wildman–Crippen MR) is 118 cm³/mol. The maximum atomic E-state index is 12.9. The van der Waals surface area contributed by atoms with Crippen molar-refractivity contribution in [2.75, 3.05) is 32.5 Å². The number of thioether (sulfide) groups is 1. The molecule has 1 aliphatic heterocycles. The van der Waals surface area contributed by atoms with Crippen molar-refractivity contribution in [1.82, 2.24) is 24.0 Å². The molecular formula is C21H25N5O3S. The Hall–Kier alpha value is -2.65. The van der Waals surface area contributed by atoms with E-state index in [0.29, 0.717) is 27.6 Å². The molecule has 0 spiro atoms. The standard InChI is InChI=1S/C21H25N5O3S/c1-24-18-16(20(27)25(2)21(24)28)19(30-12-11-26-9-4-5-10-26)23-17(22-18)14-7-6-8-15(13-14)29-3/h6-8,13H,4-5,9-12H2,1-3H3. The van der Waals surface area contributed by atoms with E-state index in [1.54, 1.807) is 25.9 Å². The van der Waals surface area contributed by atoms with Gasteiger partial charge in [-0.3, -0.25) is 13.9 Å². The molecule has 0 aliphatic carbocycles. The average Bonchev–Trinajstić information content (AvgIpc) is 3.29. The van der Waals surface area contributed by atoms with Gasteiger partial charge in [0, 0.05) is 32.0 Å². The molecule has 9 heteroatoms. The van der Waals surface area contributed by atoms with Gasteiger partial charge in [0.15, 0.2) is 11.5 Å². The second-order valence-corrected chi connectivity index (χ2v) is 8.47. The SMILES string of the molecule is COc1cccc(-c2nc(SCCN3CCCC3)c3c(=O)n(C)c(=O)n(C)c3n2)c1. The van der Waals surface area contributed by atoms with Crippen LogP contribution in [0.25, 0.3) is 22.4 Å². The molecule has 0 atom stereocenters. The Labute approximate surface area is 178 Å². The molecule has 4 rings (SSSR count). The van der Waals surface area contributed by atoms with Crippen molar-refractivity contribution in [3.05, 3.63) is 45.1 Å². The van der Waals surface area contributed by atoms with E-state index in [4.69, 9.17) is 9.72 Å². The molecule has 0 saturated carbocycles. The Balaban J connectivity index is 1.83. The number of fused-ring (bicyclic) bond motifs is 1. The summed E-state index contributed by atoms with van der Waals surface area (Å²) in [4.78, 5) is 37.1. The molecule has 3 aromatic rings. The Morgan fingerprint density at radius 1 is 1.10 bits per heavy atom. The number of aromatic nitrogens is 4. The first kappa shape index (κ1) is 20.6. The molecule has 0 radical (unpaired) electrons. The van der Waals surface area contributed by atoms with Gasteiger partial charge in [-0.05, 0) is 38.1 Å². The van der Waals surface area contributed by atoms with Crippen molar-refractivity contribution in [2.45, 2.75) is 17.9 Å². The molecule has 1 aliphatic rings. The van der Waals surface area contributed by atoms with Gasteiger partial charge < -0.3 is 9.64 Å². The average molecular weight is 428 g/mol. The lowest BCUT2D eigenvalue weighted by molar-refractivity contribution is 0.362. The molecule has 0 amide bonds. The quantitative estimate of drug-likeness (QED) is 0.439. The van der Waals surface area contributed by atoms with Crippen molar-refractivity contribution < 1.29 is 4.74 Å². The second kappa shape index (κ2) is 8.61. The second-order valence-electron chi connectivity index (χ2n) is 7.39. The Morgan fingerprint density at radius 3 is 2.60 bits per heavy atom. The van der Waals surface area contributed by atoms with Crippen LogP contribution in [0.3, 0.4) is 0 Å². The summed E-state index contributed by atoms with van der Waals surface area (Å²) in [6, 6.07) is 7.45. The number of benzene rings is 1. The predicted octanol–water partition coefficient (Wildman–Crippen LogP) is 1.89. The van der Waals surface area contributed by atoms with Crippen LogP contribution in [0, 0.1) is 0 Å². The Morgan fingerprint density at radius 2 is 1.87 bits per heavy atom. The van der Waals surface area contributed by atoms with E-state index in [2.05, 4.69) is 9.88 Å². The van der Waals surface area contributed by atoms with E-state index in [1.807, 2.05) is 24.3 Å². The zero-order valence-electron chi connectivity index (χ0n) is 17.4. The number of hydrogen-bond acceptors (Lipinski definition) is 7. The number of nitrogens with zero attached hydrogens (tertiary/aromatic N) is 5. The molecule has 8 nitrogen and oxygen atoms in total. The summed E-state index contributed by atoms with van der Waals surface area (Å²) in [5, 5.41) is 0.992. The monoisotopic (exact) mass is 427 g/mol. The molecule has 1 fully saturated rings. The third-order valence-corrected chi connectivity index (χ3v) is 6.40. The Bertz CT molecular complexity index is 1200. The van der Waals surface area contributed by atoms with Gasteiger partial charge in [-0.25, -0.2) is 14.8 Å². The zero-order chi connectivity index (χ0) is 21.3. The minimum absolute atomic E-state index is 0.347. The first-order chi connectivity index (χ1) is 14.5. The van der Waals surface area contributed by atoms with Crippen LogP contribution in [0.4, 0.5) is 0 Å². The minimum atomic E-state index is -0.407. The molecule has 3 heterocycles. The summed E-state index contributed by atoms with van der Waals surface area (Å²) in [7, 11) is 4.72. The number of likely N-dealkylation sites (tertiary alicyclic amines) is 1. The first-order valence-electron chi connectivity index (χ1n) is 9.97. The molecule has 0 N–H and O–H groups in total. The van der Waals surface area contributed by atoms with Crippen LogP contribution in [0.2, 0.25) is 0 Å². The molecule has 1 saturated heterocycles. The fourth-order valence-corrected chi connectivity index (χ4v) is 4.72. The van der Waals surface area contributed by atoms with Crippen LogP contribution < -0.4 is 16.0 Å². The van der Waals surface area contributed by atoms with Crippen molar-refractivity contribution in [3.63, 3.8) is 0 Å². The highest BCUT2D eigenvalue weighted by Crippen LogP contribution is 2.27. The molecule has 30 heavy (non-hydrogen) atoms. The summed E-state index contributed by atoms with van der Waals surface area (Å²) in [6.07, 6.45) is 2.48. The van der Waals surface area contributed by atoms with Crippen LogP contribution in [-0.4, -0.2) is 56.5 Å². The lowest BCUT2D eigenvalue weighted by atomic mass is 10.2. The highest BCUT2D eigenvalue weighted by Gasteiger charge is 2.19. The van der Waals surface area contributed by atoms with Crippen LogP contribution in [0.5, 0.6) is 5.75 Å². The number of aryl methyl sites for hydroxylation is 1. The molecule has 0 bridgehead atoms. The maximum absolute atomic E-state index is 12.9. The zero-order valence-corrected chi connectivity index (χ0v) is 18.2. The highest BCUT2D eigenvalue weighted by molar-refractivity contribution is 7.99. The summed E-state index contributed by atoms with van der Waals surface area (Å²) in [6.45, 7) is 3.18. The van der Waals surface area contributed by atoms with E-state index >= 15 is 0 Å². The molecule has 158 valence electrons. The van der Waals surface area contributed by atoms with E-state index in [-0.39, 0.29) is 5.56 Å². The van der Waals surface area contributed by atoms with Gasteiger partial charge >= 0.3 is 5.69 Å². The minimum Gasteiger partial charge on any atom is -0.497 e. The van der Waals surface area contributed by atoms with E-state index in [1.165, 1.54) is 24.5 Å². The molecular weight excluding hydrogens is 402 g/mol. The maximum Gasteiger partial charge on any atom is 0.332 e. The fraction of sp³-hybridized carbons (Fsp3) is 0.429. The normalized spacial score (nSPS) is 14.5. The number of hydrogen-bond donors (Lipinski definition) is 0. The van der Waals surface area contributed by atoms with Crippen molar-refractivity contribution in [1.29, 1.82) is 0 Å². The van der Waals surface area contributed by atoms with Crippen molar-refractivity contribution in [2.24, 2.45) is 14.1 Å². The van der Waals surface area contributed by atoms with E-state index in [0.717, 1.165) is 35.5 Å². The summed E-state index contributed by atoms with van der Waals surface area (Å²) >= 11 is 1.54. The molecule has 0 unspecified atom stereocenters. The molecule has 1 aromatic carbocycles. The number of methoxy groups -OCH3 is 1. The van der Waals surface area contributed by atoms with Gasteiger partial charge in [-0.15, -0.1) is 11.8 Å². The van der Waals surface area contributed by atoms with Crippen molar-refractivity contribution in [3.8, 4) is 17.1 Å². The lowest BCUT2D eigenvalue weighted by Crippen LogP contribution is -2.37. The smallest absolute Gasteiger partial charge is 0.332 e. The van der Waals surface area contributed by atoms with Crippen LogP contribution >= 0.6 is 11.8 Å². The van der Waals surface area contributed by atoms with Gasteiger partial charge in [0.25, 0.3) is 5.56 Å². The lowest BCUT2D eigenvalue weighted by Gasteiger charge is -2.15. The van der Waals surface area contributed by atoms with E-state index in [9.17, 15) is 9.59 Å². The van der Waals surface area contributed by atoms with Crippen LogP contribution in [0.1, 0.15) is 12.8 Å². The summed E-state index contributed by atoms with van der Waals surface area (Å²) in [5.41, 5.74) is 0.343. The fourth-order valence-electron chi connectivity index (χ4n) is 3.70. The summed E-state index contributed by atoms with van der Waals surface area (Å²) < 4.78 is 7.84. The van der Waals surface area contributed by atoms with Gasteiger partial charge in [-0.2, -0.15) is 0 Å². The van der Waals surface area contributed by atoms with Gasteiger partial charge in [-0.1, -0.05) is 12.1 Å². The summed E-state index contributed by atoms with van der Waals surface area (Å²) in [5.74, 6) is 1.97. The largest absolute Gasteiger partial charge is 0.497 e. The van der Waals surface area contributed by atoms with Crippen LogP contribution in [-0.2, 0) is 14.1 Å². The van der Waals surface area contributed by atoms with Gasteiger partial charge in [0.05, 0.1) is 7.11 Å². The highest BCUT2D eigenvalue weighted by atomic mass is 32.2. The van der Waals surface area contributed by atoms with Gasteiger partial charge in [0.2, 0.25) is 0 Å². The van der Waals surface area contributed by atoms with Crippen molar-refractivity contribution >= 4 is 22.8 Å². The van der Waals surface area contributed by atoms with E-state index < -0.39 is 5.69 Å². The third kappa shape index (κ3) is 3.87. The molecule has 2 aromatic heterocycles. The number of ether oxygens (including phenoxy) is 1.